The summed E-state index contributed by atoms with van der Waals surface area (Å²) in [4.78, 5) is 0. The first-order valence-corrected chi connectivity index (χ1v) is 9.50. The molecule has 3 aromatic carbocycles. The molecule has 0 aliphatic carbocycles. The molecule has 0 amide bonds. The van der Waals surface area contributed by atoms with Gasteiger partial charge in [-0.25, -0.2) is 0 Å². The Bertz CT molecular complexity index is 882. The Balaban J connectivity index is 1.62. The highest BCUT2D eigenvalue weighted by Crippen LogP contribution is 2.24. The van der Waals surface area contributed by atoms with E-state index in [1.807, 2.05) is 54.6 Å². The molecule has 0 heterocycles. The topological polar surface area (TPSA) is 35.1 Å². The zero-order chi connectivity index (χ0) is 19.1. The van der Waals surface area contributed by atoms with Crippen LogP contribution in [-0.2, 0) is 19.7 Å². The third-order valence-electron chi connectivity index (χ3n) is 4.27. The highest BCUT2D eigenvalue weighted by molar-refractivity contribution is 6.31. The fourth-order valence-corrected chi connectivity index (χ4v) is 3.16. The Kier molecular flexibility index (Phi) is 6.99. The van der Waals surface area contributed by atoms with Crippen molar-refractivity contribution >= 4 is 23.2 Å². The van der Waals surface area contributed by atoms with Crippen LogP contribution in [0.4, 0.5) is 0 Å². The van der Waals surface area contributed by atoms with E-state index in [1.165, 1.54) is 5.56 Å². The van der Waals surface area contributed by atoms with Gasteiger partial charge in [0.25, 0.3) is 0 Å². The van der Waals surface area contributed by atoms with Crippen molar-refractivity contribution in [3.05, 3.63) is 93.5 Å². The number of nitrogens with two attached hydrogens (primary N) is 1. The smallest absolute Gasteiger partial charge is 0.128 e. The molecule has 0 fully saturated rings. The van der Waals surface area contributed by atoms with Crippen molar-refractivity contribution in [3.8, 4) is 11.5 Å². The van der Waals surface area contributed by atoms with Gasteiger partial charge in [-0.05, 0) is 48.5 Å². The zero-order valence-electron chi connectivity index (χ0n) is 15.1. The summed E-state index contributed by atoms with van der Waals surface area (Å²) in [6.07, 6.45) is 0. The standard InChI is InChI=1S/C22H21Cl2NO2/c1-26-20-9-6-16(7-10-20)13-25-14-18-12-19(23)8-11-22(18)27-15-17-4-2-3-5-21(17)24/h2-12,25H,13-15H2,1H3/p+1. The van der Waals surface area contributed by atoms with Crippen LogP contribution in [0.1, 0.15) is 16.7 Å². The summed E-state index contributed by atoms with van der Waals surface area (Å²) in [5.41, 5.74) is 3.25. The summed E-state index contributed by atoms with van der Waals surface area (Å²) < 4.78 is 11.2. The Morgan fingerprint density at radius 3 is 2.37 bits per heavy atom. The second kappa shape index (κ2) is 9.65. The summed E-state index contributed by atoms with van der Waals surface area (Å²) in [5.74, 6) is 1.69. The van der Waals surface area contributed by atoms with Gasteiger partial charge in [0.1, 0.15) is 31.2 Å². The maximum absolute atomic E-state index is 6.21. The normalized spacial score (nSPS) is 10.6. The molecule has 0 saturated heterocycles. The van der Waals surface area contributed by atoms with Gasteiger partial charge in [0.2, 0.25) is 0 Å². The lowest BCUT2D eigenvalue weighted by Gasteiger charge is -2.12. The Morgan fingerprint density at radius 2 is 1.63 bits per heavy atom. The zero-order valence-corrected chi connectivity index (χ0v) is 16.6. The van der Waals surface area contributed by atoms with Crippen LogP contribution in [0, 0.1) is 0 Å². The van der Waals surface area contributed by atoms with Crippen LogP contribution >= 0.6 is 23.2 Å². The highest BCUT2D eigenvalue weighted by atomic mass is 35.5. The fraction of sp³-hybridized carbons (Fsp3) is 0.182. The quantitative estimate of drug-likeness (QED) is 0.584. The molecule has 140 valence electrons. The molecule has 27 heavy (non-hydrogen) atoms. The van der Waals surface area contributed by atoms with Gasteiger partial charge in [0.05, 0.1) is 7.11 Å². The van der Waals surface area contributed by atoms with Gasteiger partial charge < -0.3 is 14.8 Å². The van der Waals surface area contributed by atoms with Crippen LogP contribution in [0.2, 0.25) is 10.0 Å². The molecule has 0 saturated carbocycles. The van der Waals surface area contributed by atoms with Crippen LogP contribution in [0.15, 0.2) is 66.7 Å². The molecule has 3 rings (SSSR count). The first-order valence-electron chi connectivity index (χ1n) is 8.75. The van der Waals surface area contributed by atoms with E-state index in [4.69, 9.17) is 32.7 Å². The fourth-order valence-electron chi connectivity index (χ4n) is 2.78. The monoisotopic (exact) mass is 402 g/mol. The van der Waals surface area contributed by atoms with E-state index in [2.05, 4.69) is 17.4 Å². The lowest BCUT2D eigenvalue weighted by Crippen LogP contribution is -2.80. The second-order valence-corrected chi connectivity index (χ2v) is 7.02. The molecule has 0 aliphatic heterocycles. The summed E-state index contributed by atoms with van der Waals surface area (Å²) in [7, 11) is 1.67. The van der Waals surface area contributed by atoms with Crippen LogP contribution in [-0.4, -0.2) is 7.11 Å². The molecule has 0 aliphatic rings. The van der Waals surface area contributed by atoms with Gasteiger partial charge >= 0.3 is 0 Å². The summed E-state index contributed by atoms with van der Waals surface area (Å²) in [6.45, 7) is 2.05. The van der Waals surface area contributed by atoms with Crippen LogP contribution < -0.4 is 14.8 Å². The molecular weight excluding hydrogens is 381 g/mol. The Labute approximate surface area is 169 Å². The highest BCUT2D eigenvalue weighted by Gasteiger charge is 2.09. The van der Waals surface area contributed by atoms with Gasteiger partial charge in [-0.1, -0.05) is 41.4 Å². The number of hydrogen-bond acceptors (Lipinski definition) is 2. The van der Waals surface area contributed by atoms with Crippen molar-refractivity contribution in [3.63, 3.8) is 0 Å². The predicted octanol–water partition coefficient (Wildman–Crippen LogP) is 4.84. The maximum atomic E-state index is 6.21. The van der Waals surface area contributed by atoms with Crippen molar-refractivity contribution in [2.75, 3.05) is 7.11 Å². The van der Waals surface area contributed by atoms with E-state index in [-0.39, 0.29) is 0 Å². The van der Waals surface area contributed by atoms with Crippen LogP contribution in [0.3, 0.4) is 0 Å². The first-order chi connectivity index (χ1) is 13.2. The minimum atomic E-state index is 0.423. The van der Waals surface area contributed by atoms with Gasteiger partial charge in [-0.15, -0.1) is 0 Å². The largest absolute Gasteiger partial charge is 0.497 e. The van der Waals surface area contributed by atoms with Crippen molar-refractivity contribution in [1.82, 2.24) is 0 Å². The average molecular weight is 403 g/mol. The van der Waals surface area contributed by atoms with E-state index >= 15 is 0 Å². The minimum absolute atomic E-state index is 0.423. The van der Waals surface area contributed by atoms with E-state index in [1.54, 1.807) is 7.11 Å². The van der Waals surface area contributed by atoms with Gasteiger partial charge in [-0.3, -0.25) is 0 Å². The molecule has 0 bridgehead atoms. The number of rotatable bonds is 8. The number of quaternary nitrogens is 1. The molecule has 0 radical (unpaired) electrons. The maximum Gasteiger partial charge on any atom is 0.128 e. The summed E-state index contributed by atoms with van der Waals surface area (Å²) >= 11 is 12.4. The lowest BCUT2D eigenvalue weighted by atomic mass is 10.1. The minimum Gasteiger partial charge on any atom is -0.497 e. The average Bonchev–Trinajstić information content (AvgIpc) is 2.69. The number of benzene rings is 3. The Hall–Kier alpha value is -2.20. The van der Waals surface area contributed by atoms with Crippen LogP contribution in [0.25, 0.3) is 0 Å². The second-order valence-electron chi connectivity index (χ2n) is 6.18. The SMILES string of the molecule is COc1ccc(C[NH2+]Cc2cc(Cl)ccc2OCc2ccccc2Cl)cc1. The number of halogens is 2. The predicted molar refractivity (Wildman–Crippen MR) is 110 cm³/mol. The third kappa shape index (κ3) is 5.64. The lowest BCUT2D eigenvalue weighted by molar-refractivity contribution is -0.686. The molecular formula is C22H22Cl2NO2+. The summed E-state index contributed by atoms with van der Waals surface area (Å²) in [6, 6.07) is 21.5. The van der Waals surface area contributed by atoms with Crippen molar-refractivity contribution < 1.29 is 14.8 Å². The van der Waals surface area contributed by atoms with E-state index in [0.29, 0.717) is 16.7 Å². The van der Waals surface area contributed by atoms with Crippen molar-refractivity contribution in [2.24, 2.45) is 0 Å². The van der Waals surface area contributed by atoms with Gasteiger partial charge in [0.15, 0.2) is 0 Å². The molecule has 3 aromatic rings. The van der Waals surface area contributed by atoms with Crippen molar-refractivity contribution in [1.29, 1.82) is 0 Å². The molecule has 3 nitrogen and oxygen atoms in total. The van der Waals surface area contributed by atoms with E-state index in [0.717, 1.165) is 35.7 Å². The molecule has 5 heteroatoms. The summed E-state index contributed by atoms with van der Waals surface area (Å²) in [5, 5.41) is 3.63. The van der Waals surface area contributed by atoms with Gasteiger partial charge in [-0.2, -0.15) is 0 Å². The van der Waals surface area contributed by atoms with E-state index in [9.17, 15) is 0 Å². The number of methoxy groups -OCH3 is 1. The third-order valence-corrected chi connectivity index (χ3v) is 4.87. The first kappa shape index (κ1) is 19.6. The van der Waals surface area contributed by atoms with E-state index < -0.39 is 0 Å². The number of hydrogen-bond donors (Lipinski definition) is 1. The molecule has 0 spiro atoms. The molecule has 0 atom stereocenters. The molecule has 0 unspecified atom stereocenters. The Morgan fingerprint density at radius 1 is 0.852 bits per heavy atom. The molecule has 2 N–H and O–H groups in total. The van der Waals surface area contributed by atoms with Gasteiger partial charge in [0, 0.05) is 26.7 Å². The van der Waals surface area contributed by atoms with Crippen molar-refractivity contribution in [2.45, 2.75) is 19.7 Å². The number of ether oxygens (including phenoxy) is 2. The van der Waals surface area contributed by atoms with Crippen LogP contribution in [0.5, 0.6) is 11.5 Å². The molecule has 0 aromatic heterocycles.